The first-order valence-electron chi connectivity index (χ1n) is 3.91. The zero-order valence-corrected chi connectivity index (χ0v) is 10.3. The Balaban J connectivity index is 3.68. The lowest BCUT2D eigenvalue weighted by Crippen LogP contribution is -2.17. The summed E-state index contributed by atoms with van der Waals surface area (Å²) >= 11 is 0. The summed E-state index contributed by atoms with van der Waals surface area (Å²) in [6, 6.07) is 0. The Kier molecular flexibility index (Phi) is 3.16. The summed E-state index contributed by atoms with van der Waals surface area (Å²) in [5.41, 5.74) is 0. The number of carboxylic acid groups (broad SMARTS) is 1. The highest BCUT2D eigenvalue weighted by Gasteiger charge is 2.22. The third kappa shape index (κ3) is 3.17. The fraction of sp³-hybridized carbons (Fsp3) is 0.333. The Bertz CT molecular complexity index is 627. The second-order valence-corrected chi connectivity index (χ2v) is 6.89. The van der Waals surface area contributed by atoms with Crippen molar-refractivity contribution in [2.24, 2.45) is 0 Å². The average Bonchev–Trinajstić information content (AvgIpc) is 2.14. The molecule has 1 rings (SSSR count). The van der Waals surface area contributed by atoms with Crippen LogP contribution in [0.15, 0.2) is 10.3 Å². The van der Waals surface area contributed by atoms with Crippen molar-refractivity contribution in [2.75, 3.05) is 12.5 Å². The molecule has 0 radical (unpaired) electrons. The minimum atomic E-state index is -3.93. The molecule has 11 heteroatoms. The predicted molar refractivity (Wildman–Crippen MR) is 53.0 cm³/mol. The maximum atomic E-state index is 11.1. The molecule has 17 heavy (non-hydrogen) atoms. The highest BCUT2D eigenvalue weighted by atomic mass is 32.2. The Morgan fingerprint density at radius 2 is 1.29 bits per heavy atom. The third-order valence-corrected chi connectivity index (χ3v) is 3.14. The van der Waals surface area contributed by atoms with E-state index >= 15 is 0 Å². The van der Waals surface area contributed by atoms with E-state index in [-0.39, 0.29) is 0 Å². The van der Waals surface area contributed by atoms with Crippen LogP contribution in [-0.2, 0) is 19.7 Å². The molecule has 94 valence electrons. The molecule has 0 aliphatic heterocycles. The Morgan fingerprint density at radius 1 is 0.941 bits per heavy atom. The Hall–Kier alpha value is -1.62. The summed E-state index contributed by atoms with van der Waals surface area (Å²) in [5, 5.41) is 6.83. The van der Waals surface area contributed by atoms with Gasteiger partial charge in [-0.2, -0.15) is 15.0 Å². The van der Waals surface area contributed by atoms with Gasteiger partial charge in [-0.1, -0.05) is 0 Å². The molecule has 1 aromatic rings. The number of hydrogen-bond acceptors (Lipinski definition) is 8. The number of sulfone groups is 2. The van der Waals surface area contributed by atoms with E-state index in [1.807, 2.05) is 0 Å². The summed E-state index contributed by atoms with van der Waals surface area (Å²) in [7, 11) is -7.86. The molecule has 0 fully saturated rings. The van der Waals surface area contributed by atoms with Gasteiger partial charge >= 0.3 is 5.97 Å². The van der Waals surface area contributed by atoms with Crippen LogP contribution < -0.4 is 0 Å². The highest BCUT2D eigenvalue weighted by Crippen LogP contribution is 2.07. The van der Waals surface area contributed by atoms with E-state index in [9.17, 15) is 21.6 Å². The minimum absolute atomic E-state index is 0.722. The zero-order valence-electron chi connectivity index (χ0n) is 8.65. The lowest BCUT2D eigenvalue weighted by molar-refractivity contribution is 0.0680. The molecule has 9 nitrogen and oxygen atoms in total. The van der Waals surface area contributed by atoms with Crippen molar-refractivity contribution >= 4 is 25.6 Å². The SMILES string of the molecule is CS(=O)(=O)c1nc(C(=O)O)nc(S(C)(=O)=O)n1. The van der Waals surface area contributed by atoms with Crippen molar-refractivity contribution in [3.05, 3.63) is 5.82 Å². The van der Waals surface area contributed by atoms with Gasteiger partial charge in [0, 0.05) is 12.5 Å². The number of aromatic carboxylic acids is 1. The highest BCUT2D eigenvalue weighted by molar-refractivity contribution is 7.91. The molecule has 0 unspecified atom stereocenters. The molecule has 0 bridgehead atoms. The van der Waals surface area contributed by atoms with Crippen molar-refractivity contribution < 1.29 is 26.7 Å². The van der Waals surface area contributed by atoms with E-state index in [0.717, 1.165) is 12.5 Å². The van der Waals surface area contributed by atoms with Crippen LogP contribution in [0, 0.1) is 0 Å². The van der Waals surface area contributed by atoms with Gasteiger partial charge in [0.15, 0.2) is 0 Å². The fourth-order valence-corrected chi connectivity index (χ4v) is 1.83. The molecular weight excluding hydrogens is 274 g/mol. The number of hydrogen-bond donors (Lipinski definition) is 1. The lowest BCUT2D eigenvalue weighted by Gasteiger charge is -2.01. The van der Waals surface area contributed by atoms with Crippen LogP contribution in [0.5, 0.6) is 0 Å². The smallest absolute Gasteiger partial charge is 0.374 e. The summed E-state index contributed by atoms with van der Waals surface area (Å²) < 4.78 is 44.6. The summed E-state index contributed by atoms with van der Waals surface area (Å²) in [5.74, 6) is -2.59. The van der Waals surface area contributed by atoms with Crippen molar-refractivity contribution in [1.29, 1.82) is 0 Å². The maximum Gasteiger partial charge on any atom is 0.374 e. The predicted octanol–water partition coefficient (Wildman–Crippen LogP) is -1.62. The molecular formula is C6H7N3O6S2. The van der Waals surface area contributed by atoms with Crippen LogP contribution in [-0.4, -0.2) is 55.4 Å². The van der Waals surface area contributed by atoms with Gasteiger partial charge in [-0.15, -0.1) is 0 Å². The van der Waals surface area contributed by atoms with Crippen LogP contribution in [0.2, 0.25) is 0 Å². The van der Waals surface area contributed by atoms with Gasteiger partial charge in [-0.25, -0.2) is 21.6 Å². The second-order valence-electron chi connectivity index (χ2n) is 3.07. The van der Waals surface area contributed by atoms with E-state index in [2.05, 4.69) is 15.0 Å². The van der Waals surface area contributed by atoms with Crippen LogP contribution in [0.4, 0.5) is 0 Å². The summed E-state index contributed by atoms with van der Waals surface area (Å²) in [6.45, 7) is 0. The summed E-state index contributed by atoms with van der Waals surface area (Å²) in [6.07, 6.45) is 1.44. The monoisotopic (exact) mass is 281 g/mol. The van der Waals surface area contributed by atoms with E-state index in [4.69, 9.17) is 5.11 Å². The molecule has 1 aromatic heterocycles. The standard InChI is InChI=1S/C6H7N3O6S2/c1-16(12,13)5-7-3(4(10)11)8-6(9-5)17(2,14)15/h1-2H3,(H,10,11). The van der Waals surface area contributed by atoms with Crippen LogP contribution in [0.3, 0.4) is 0 Å². The van der Waals surface area contributed by atoms with E-state index in [1.165, 1.54) is 0 Å². The van der Waals surface area contributed by atoms with Gasteiger partial charge in [-0.05, 0) is 0 Å². The number of carboxylic acids is 1. The molecule has 1 heterocycles. The fourth-order valence-electron chi connectivity index (χ4n) is 0.765. The zero-order chi connectivity index (χ0) is 13.4. The van der Waals surface area contributed by atoms with Crippen molar-refractivity contribution in [1.82, 2.24) is 15.0 Å². The van der Waals surface area contributed by atoms with Crippen LogP contribution in [0.25, 0.3) is 0 Å². The molecule has 0 atom stereocenters. The van der Waals surface area contributed by atoms with Crippen molar-refractivity contribution in [3.8, 4) is 0 Å². The van der Waals surface area contributed by atoms with Gasteiger partial charge in [0.2, 0.25) is 25.5 Å². The minimum Gasteiger partial charge on any atom is -0.475 e. The molecule has 1 N–H and O–H groups in total. The number of carbonyl (C=O) groups is 1. The first kappa shape index (κ1) is 13.4. The molecule has 0 aliphatic rings. The molecule has 0 saturated carbocycles. The van der Waals surface area contributed by atoms with Gasteiger partial charge in [0.25, 0.3) is 10.3 Å². The lowest BCUT2D eigenvalue weighted by atomic mass is 10.6. The normalized spacial score (nSPS) is 12.4. The number of rotatable bonds is 3. The molecule has 0 saturated heterocycles. The summed E-state index contributed by atoms with van der Waals surface area (Å²) in [4.78, 5) is 20.1. The van der Waals surface area contributed by atoms with Gasteiger partial charge in [0.05, 0.1) is 0 Å². The number of aromatic nitrogens is 3. The molecule has 0 spiro atoms. The first-order valence-corrected chi connectivity index (χ1v) is 7.69. The molecule has 0 aromatic carbocycles. The van der Waals surface area contributed by atoms with Crippen molar-refractivity contribution in [2.45, 2.75) is 10.3 Å². The Labute approximate surface area is 96.4 Å². The van der Waals surface area contributed by atoms with E-state index < -0.39 is 41.8 Å². The van der Waals surface area contributed by atoms with Crippen LogP contribution >= 0.6 is 0 Å². The van der Waals surface area contributed by atoms with Gasteiger partial charge < -0.3 is 5.11 Å². The quantitative estimate of drug-likeness (QED) is 0.690. The molecule has 0 amide bonds. The van der Waals surface area contributed by atoms with E-state index in [0.29, 0.717) is 0 Å². The molecule has 0 aliphatic carbocycles. The van der Waals surface area contributed by atoms with Gasteiger partial charge in [-0.3, -0.25) is 0 Å². The topological polar surface area (TPSA) is 144 Å². The van der Waals surface area contributed by atoms with E-state index in [1.54, 1.807) is 0 Å². The van der Waals surface area contributed by atoms with Gasteiger partial charge in [0.1, 0.15) is 0 Å². The number of nitrogens with zero attached hydrogens (tertiary/aromatic N) is 3. The largest absolute Gasteiger partial charge is 0.475 e. The third-order valence-electron chi connectivity index (χ3n) is 1.45. The maximum absolute atomic E-state index is 11.1. The first-order chi connectivity index (χ1) is 7.51. The second kappa shape index (κ2) is 4.00. The van der Waals surface area contributed by atoms with Crippen molar-refractivity contribution in [3.63, 3.8) is 0 Å². The van der Waals surface area contributed by atoms with Crippen LogP contribution in [0.1, 0.15) is 10.6 Å². The average molecular weight is 281 g/mol. The Morgan fingerprint density at radius 3 is 1.53 bits per heavy atom.